The first kappa shape index (κ1) is 16.9. The molecule has 2 N–H and O–H groups in total. The van der Waals surface area contributed by atoms with Crippen LogP contribution in [0.15, 0.2) is 0 Å². The minimum Gasteiger partial charge on any atom is -0.481 e. The zero-order chi connectivity index (χ0) is 13.8. The van der Waals surface area contributed by atoms with Crippen LogP contribution in [0.3, 0.4) is 0 Å². The fraction of sp³-hybridized carbons (Fsp3) is 0.857. The molecule has 4 nitrogen and oxygen atoms in total. The summed E-state index contributed by atoms with van der Waals surface area (Å²) in [6.07, 6.45) is 7.48. The summed E-state index contributed by atoms with van der Waals surface area (Å²) < 4.78 is 0. The van der Waals surface area contributed by atoms with Crippen LogP contribution in [0.4, 0.5) is 0 Å². The van der Waals surface area contributed by atoms with Crippen LogP contribution < -0.4 is 5.32 Å². The number of aliphatic carboxylic acids is 1. The van der Waals surface area contributed by atoms with E-state index < -0.39 is 5.97 Å². The van der Waals surface area contributed by atoms with Crippen molar-refractivity contribution in [3.05, 3.63) is 0 Å². The number of hydrogen-bond donors (Lipinski definition) is 2. The highest BCUT2D eigenvalue weighted by atomic mass is 16.4. The van der Waals surface area contributed by atoms with E-state index in [0.717, 1.165) is 25.7 Å². The summed E-state index contributed by atoms with van der Waals surface area (Å²) in [4.78, 5) is 22.0. The second kappa shape index (κ2) is 11.1. The SMILES string of the molecule is CCCCCCC(=O)NCCCC[C@H](C)C(=O)O. The Labute approximate surface area is 110 Å². The van der Waals surface area contributed by atoms with E-state index in [2.05, 4.69) is 12.2 Å². The van der Waals surface area contributed by atoms with Crippen molar-refractivity contribution in [3.8, 4) is 0 Å². The zero-order valence-corrected chi connectivity index (χ0v) is 11.7. The molecule has 0 heterocycles. The number of carbonyl (C=O) groups excluding carboxylic acids is 1. The lowest BCUT2D eigenvalue weighted by Gasteiger charge is -2.07. The van der Waals surface area contributed by atoms with E-state index in [4.69, 9.17) is 5.11 Å². The summed E-state index contributed by atoms with van der Waals surface area (Å²) in [5.74, 6) is -0.901. The van der Waals surface area contributed by atoms with Gasteiger partial charge in [-0.05, 0) is 19.3 Å². The van der Waals surface area contributed by atoms with Gasteiger partial charge in [0.25, 0.3) is 0 Å². The number of amides is 1. The molecule has 0 aromatic rings. The average Bonchev–Trinajstić information content (AvgIpc) is 2.33. The molecule has 106 valence electrons. The Morgan fingerprint density at radius 2 is 1.83 bits per heavy atom. The van der Waals surface area contributed by atoms with Crippen LogP contribution in [0.5, 0.6) is 0 Å². The Morgan fingerprint density at radius 1 is 1.11 bits per heavy atom. The first-order valence-electron chi connectivity index (χ1n) is 7.07. The smallest absolute Gasteiger partial charge is 0.306 e. The second-order valence-corrected chi connectivity index (χ2v) is 4.90. The molecule has 0 rings (SSSR count). The lowest BCUT2D eigenvalue weighted by molar-refractivity contribution is -0.141. The van der Waals surface area contributed by atoms with Crippen molar-refractivity contribution in [1.82, 2.24) is 5.32 Å². The summed E-state index contributed by atoms with van der Waals surface area (Å²) in [5, 5.41) is 11.6. The summed E-state index contributed by atoms with van der Waals surface area (Å²) in [7, 11) is 0. The van der Waals surface area contributed by atoms with Crippen LogP contribution in [-0.4, -0.2) is 23.5 Å². The highest BCUT2D eigenvalue weighted by Gasteiger charge is 2.09. The molecule has 0 unspecified atom stereocenters. The van der Waals surface area contributed by atoms with E-state index in [1.54, 1.807) is 6.92 Å². The average molecular weight is 257 g/mol. The van der Waals surface area contributed by atoms with Crippen molar-refractivity contribution in [2.45, 2.75) is 65.2 Å². The topological polar surface area (TPSA) is 66.4 Å². The van der Waals surface area contributed by atoms with Gasteiger partial charge in [-0.1, -0.05) is 39.5 Å². The monoisotopic (exact) mass is 257 g/mol. The van der Waals surface area contributed by atoms with Crippen LogP contribution in [0.25, 0.3) is 0 Å². The number of rotatable bonds is 11. The summed E-state index contributed by atoms with van der Waals surface area (Å²) >= 11 is 0. The van der Waals surface area contributed by atoms with Gasteiger partial charge in [0.1, 0.15) is 0 Å². The van der Waals surface area contributed by atoms with Crippen molar-refractivity contribution >= 4 is 11.9 Å². The van der Waals surface area contributed by atoms with Crippen molar-refractivity contribution in [1.29, 1.82) is 0 Å². The lowest BCUT2D eigenvalue weighted by Crippen LogP contribution is -2.24. The first-order valence-corrected chi connectivity index (χ1v) is 7.07. The van der Waals surface area contributed by atoms with E-state index in [1.165, 1.54) is 12.8 Å². The molecule has 0 aliphatic carbocycles. The third-order valence-corrected chi connectivity index (χ3v) is 3.07. The van der Waals surface area contributed by atoms with Gasteiger partial charge in [-0.15, -0.1) is 0 Å². The minimum atomic E-state index is -0.741. The molecule has 0 saturated heterocycles. The fourth-order valence-electron chi connectivity index (χ4n) is 1.73. The van der Waals surface area contributed by atoms with E-state index in [0.29, 0.717) is 19.4 Å². The summed E-state index contributed by atoms with van der Waals surface area (Å²) in [5.41, 5.74) is 0. The van der Waals surface area contributed by atoms with Gasteiger partial charge in [0, 0.05) is 13.0 Å². The van der Waals surface area contributed by atoms with Gasteiger partial charge < -0.3 is 10.4 Å². The van der Waals surface area contributed by atoms with Crippen LogP contribution >= 0.6 is 0 Å². The van der Waals surface area contributed by atoms with Gasteiger partial charge in [-0.2, -0.15) is 0 Å². The van der Waals surface area contributed by atoms with Crippen LogP contribution in [0, 0.1) is 5.92 Å². The quantitative estimate of drug-likeness (QED) is 0.559. The van der Waals surface area contributed by atoms with Crippen molar-refractivity contribution in [2.24, 2.45) is 5.92 Å². The normalized spacial score (nSPS) is 12.1. The number of hydrogen-bond acceptors (Lipinski definition) is 2. The van der Waals surface area contributed by atoms with Crippen molar-refractivity contribution in [2.75, 3.05) is 6.54 Å². The van der Waals surface area contributed by atoms with Crippen LogP contribution in [0.2, 0.25) is 0 Å². The van der Waals surface area contributed by atoms with E-state index in [9.17, 15) is 9.59 Å². The van der Waals surface area contributed by atoms with Gasteiger partial charge in [-0.3, -0.25) is 9.59 Å². The van der Waals surface area contributed by atoms with Crippen LogP contribution in [0.1, 0.15) is 65.2 Å². The minimum absolute atomic E-state index is 0.123. The van der Waals surface area contributed by atoms with Crippen LogP contribution in [-0.2, 0) is 9.59 Å². The van der Waals surface area contributed by atoms with E-state index in [-0.39, 0.29) is 11.8 Å². The van der Waals surface area contributed by atoms with E-state index in [1.807, 2.05) is 0 Å². The maximum absolute atomic E-state index is 11.4. The number of nitrogens with one attached hydrogen (secondary N) is 1. The Balaban J connectivity index is 3.32. The molecule has 0 radical (unpaired) electrons. The summed E-state index contributed by atoms with van der Waals surface area (Å²) in [6.45, 7) is 4.53. The van der Waals surface area contributed by atoms with Gasteiger partial charge >= 0.3 is 5.97 Å². The highest BCUT2D eigenvalue weighted by Crippen LogP contribution is 2.07. The van der Waals surface area contributed by atoms with Gasteiger partial charge in [0.2, 0.25) is 5.91 Å². The molecule has 0 aliphatic heterocycles. The Morgan fingerprint density at radius 3 is 2.44 bits per heavy atom. The predicted molar refractivity (Wildman–Crippen MR) is 72.4 cm³/mol. The Bertz CT molecular complexity index is 241. The van der Waals surface area contributed by atoms with Crippen molar-refractivity contribution < 1.29 is 14.7 Å². The molecule has 0 bridgehead atoms. The third kappa shape index (κ3) is 10.1. The molecule has 18 heavy (non-hydrogen) atoms. The van der Waals surface area contributed by atoms with Crippen molar-refractivity contribution in [3.63, 3.8) is 0 Å². The maximum Gasteiger partial charge on any atom is 0.306 e. The van der Waals surface area contributed by atoms with E-state index >= 15 is 0 Å². The largest absolute Gasteiger partial charge is 0.481 e. The summed E-state index contributed by atoms with van der Waals surface area (Å²) in [6, 6.07) is 0. The Kier molecular flexibility index (Phi) is 10.4. The molecule has 0 aliphatic rings. The molecule has 0 spiro atoms. The molecule has 4 heteroatoms. The molecule has 0 aromatic heterocycles. The standard InChI is InChI=1S/C14H27NO3/c1-3-4-5-6-10-13(16)15-11-8-7-9-12(2)14(17)18/h12H,3-11H2,1-2H3,(H,15,16)(H,17,18)/t12-/m0/s1. The lowest BCUT2D eigenvalue weighted by atomic mass is 10.0. The maximum atomic E-state index is 11.4. The highest BCUT2D eigenvalue weighted by molar-refractivity contribution is 5.75. The predicted octanol–water partition coefficient (Wildman–Crippen LogP) is 2.96. The molecule has 1 amide bonds. The number of unbranched alkanes of at least 4 members (excludes halogenated alkanes) is 4. The van der Waals surface area contributed by atoms with Gasteiger partial charge in [0.05, 0.1) is 5.92 Å². The van der Waals surface area contributed by atoms with Gasteiger partial charge in [-0.25, -0.2) is 0 Å². The first-order chi connectivity index (χ1) is 8.57. The number of carbonyl (C=O) groups is 2. The third-order valence-electron chi connectivity index (χ3n) is 3.07. The molecular weight excluding hydrogens is 230 g/mol. The number of carboxylic acid groups (broad SMARTS) is 1. The molecule has 1 atom stereocenters. The second-order valence-electron chi connectivity index (χ2n) is 4.90. The fourth-order valence-corrected chi connectivity index (χ4v) is 1.73. The molecule has 0 fully saturated rings. The number of carboxylic acids is 1. The van der Waals surface area contributed by atoms with Gasteiger partial charge in [0.15, 0.2) is 0 Å². The molecular formula is C14H27NO3. The zero-order valence-electron chi connectivity index (χ0n) is 11.7. The molecule has 0 aromatic carbocycles. The molecule has 0 saturated carbocycles. The Hall–Kier alpha value is -1.06.